The maximum atomic E-state index is 6.01. The molecule has 1 saturated heterocycles. The highest BCUT2D eigenvalue weighted by Gasteiger charge is 2.18. The third-order valence-electron chi connectivity index (χ3n) is 3.18. The summed E-state index contributed by atoms with van der Waals surface area (Å²) in [6, 6.07) is 5.74. The third-order valence-corrected chi connectivity index (χ3v) is 4.03. The average Bonchev–Trinajstić information content (AvgIpc) is 2.34. The van der Waals surface area contributed by atoms with Crippen LogP contribution in [0.25, 0.3) is 0 Å². The van der Waals surface area contributed by atoms with Gasteiger partial charge < -0.3 is 15.4 Å². The number of halogens is 1. The fourth-order valence-electron chi connectivity index (χ4n) is 2.03. The van der Waals surface area contributed by atoms with E-state index in [-0.39, 0.29) is 0 Å². The van der Waals surface area contributed by atoms with E-state index < -0.39 is 0 Å². The number of piperidine rings is 1. The van der Waals surface area contributed by atoms with Crippen molar-refractivity contribution in [2.24, 2.45) is 5.73 Å². The van der Waals surface area contributed by atoms with E-state index in [4.69, 9.17) is 22.7 Å². The summed E-state index contributed by atoms with van der Waals surface area (Å²) in [6.07, 6.45) is 2.44. The maximum absolute atomic E-state index is 6.01. The molecule has 0 unspecified atom stereocenters. The van der Waals surface area contributed by atoms with Crippen LogP contribution in [0.15, 0.2) is 22.7 Å². The molecule has 1 heterocycles. The van der Waals surface area contributed by atoms with Crippen molar-refractivity contribution in [3.8, 4) is 5.75 Å². The number of rotatable bonds is 3. The smallest absolute Gasteiger partial charge is 0.133 e. The van der Waals surface area contributed by atoms with Gasteiger partial charge in [0.1, 0.15) is 16.8 Å². The van der Waals surface area contributed by atoms with Crippen LogP contribution in [0.4, 0.5) is 0 Å². The summed E-state index contributed by atoms with van der Waals surface area (Å²) >= 11 is 8.45. The molecular weight excluding hydrogens is 312 g/mol. The van der Waals surface area contributed by atoms with Crippen molar-refractivity contribution in [1.29, 1.82) is 0 Å². The molecule has 0 aromatic heterocycles. The molecule has 0 saturated carbocycles. The van der Waals surface area contributed by atoms with Crippen molar-refractivity contribution in [3.63, 3.8) is 0 Å². The molecule has 1 aliphatic heterocycles. The van der Waals surface area contributed by atoms with Crippen LogP contribution in [0, 0.1) is 0 Å². The van der Waals surface area contributed by atoms with Crippen LogP contribution in [-0.4, -0.2) is 36.1 Å². The van der Waals surface area contributed by atoms with E-state index in [2.05, 4.69) is 27.9 Å². The molecule has 0 bridgehead atoms. The van der Waals surface area contributed by atoms with Gasteiger partial charge in [0.2, 0.25) is 0 Å². The molecule has 1 aliphatic rings. The lowest BCUT2D eigenvalue weighted by Crippen LogP contribution is -2.35. The lowest BCUT2D eigenvalue weighted by atomic mass is 10.1. The molecule has 1 fully saturated rings. The van der Waals surface area contributed by atoms with Crippen molar-refractivity contribution in [3.05, 3.63) is 28.2 Å². The normalized spacial score (nSPS) is 17.7. The Labute approximate surface area is 121 Å². The predicted molar refractivity (Wildman–Crippen MR) is 81.2 cm³/mol. The van der Waals surface area contributed by atoms with Gasteiger partial charge in [0.25, 0.3) is 0 Å². The first-order valence-electron chi connectivity index (χ1n) is 6.01. The summed E-state index contributed by atoms with van der Waals surface area (Å²) in [7, 11) is 2.14. The minimum absolute atomic E-state index is 0.299. The molecule has 98 valence electrons. The van der Waals surface area contributed by atoms with E-state index in [0.29, 0.717) is 11.1 Å². The van der Waals surface area contributed by atoms with E-state index in [1.54, 1.807) is 0 Å². The zero-order valence-corrected chi connectivity index (χ0v) is 12.8. The van der Waals surface area contributed by atoms with Crippen molar-refractivity contribution in [1.82, 2.24) is 4.90 Å². The van der Waals surface area contributed by atoms with E-state index in [1.807, 2.05) is 18.2 Å². The molecule has 1 aromatic rings. The summed E-state index contributed by atoms with van der Waals surface area (Å²) in [5.41, 5.74) is 6.45. The molecule has 0 amide bonds. The molecule has 2 N–H and O–H groups in total. The van der Waals surface area contributed by atoms with Crippen molar-refractivity contribution < 1.29 is 4.74 Å². The van der Waals surface area contributed by atoms with Crippen LogP contribution in [-0.2, 0) is 0 Å². The van der Waals surface area contributed by atoms with Gasteiger partial charge in [-0.1, -0.05) is 12.2 Å². The van der Waals surface area contributed by atoms with E-state index in [9.17, 15) is 0 Å². The van der Waals surface area contributed by atoms with Gasteiger partial charge in [0, 0.05) is 18.7 Å². The quantitative estimate of drug-likeness (QED) is 0.865. The number of hydrogen-bond donors (Lipinski definition) is 1. The lowest BCUT2D eigenvalue weighted by Gasteiger charge is -2.29. The topological polar surface area (TPSA) is 38.5 Å². The first kappa shape index (κ1) is 13.8. The largest absolute Gasteiger partial charge is 0.489 e. The summed E-state index contributed by atoms with van der Waals surface area (Å²) in [4.78, 5) is 2.73. The summed E-state index contributed by atoms with van der Waals surface area (Å²) < 4.78 is 6.92. The average molecular weight is 329 g/mol. The molecule has 2 rings (SSSR count). The molecule has 18 heavy (non-hydrogen) atoms. The Morgan fingerprint density at radius 1 is 1.44 bits per heavy atom. The minimum Gasteiger partial charge on any atom is -0.489 e. The number of thiocarbonyl (C=S) groups is 1. The summed E-state index contributed by atoms with van der Waals surface area (Å²) in [6.45, 7) is 2.18. The summed E-state index contributed by atoms with van der Waals surface area (Å²) in [5, 5.41) is 0. The first-order valence-corrected chi connectivity index (χ1v) is 7.21. The molecule has 0 aliphatic carbocycles. The summed E-state index contributed by atoms with van der Waals surface area (Å²) in [5.74, 6) is 0.865. The second kappa shape index (κ2) is 5.99. The number of benzene rings is 1. The van der Waals surface area contributed by atoms with Gasteiger partial charge in [-0.05, 0) is 54.0 Å². The van der Waals surface area contributed by atoms with Gasteiger partial charge in [-0.3, -0.25) is 0 Å². The van der Waals surface area contributed by atoms with Gasteiger partial charge >= 0.3 is 0 Å². The van der Waals surface area contributed by atoms with Gasteiger partial charge in [0.15, 0.2) is 0 Å². The Morgan fingerprint density at radius 3 is 2.67 bits per heavy atom. The van der Waals surface area contributed by atoms with Crippen molar-refractivity contribution >= 4 is 33.1 Å². The Hall–Kier alpha value is -0.650. The highest BCUT2D eigenvalue weighted by atomic mass is 79.9. The van der Waals surface area contributed by atoms with E-state index in [0.717, 1.165) is 41.7 Å². The number of ether oxygens (including phenoxy) is 1. The van der Waals surface area contributed by atoms with Gasteiger partial charge in [-0.15, -0.1) is 0 Å². The van der Waals surface area contributed by atoms with Gasteiger partial charge in [0.05, 0.1) is 4.47 Å². The fraction of sp³-hybridized carbons (Fsp3) is 0.462. The Morgan fingerprint density at radius 2 is 2.11 bits per heavy atom. The minimum atomic E-state index is 0.299. The van der Waals surface area contributed by atoms with E-state index >= 15 is 0 Å². The zero-order chi connectivity index (χ0) is 13.1. The Balaban J connectivity index is 2.03. The number of nitrogens with two attached hydrogens (primary N) is 1. The Bertz CT molecular complexity index is 445. The second-order valence-electron chi connectivity index (χ2n) is 4.63. The van der Waals surface area contributed by atoms with Crippen molar-refractivity contribution in [2.45, 2.75) is 18.9 Å². The van der Waals surface area contributed by atoms with Crippen molar-refractivity contribution in [2.75, 3.05) is 20.1 Å². The van der Waals surface area contributed by atoms with Gasteiger partial charge in [-0.2, -0.15) is 0 Å². The molecule has 1 aromatic carbocycles. The maximum Gasteiger partial charge on any atom is 0.133 e. The number of nitrogens with zero attached hydrogens (tertiary/aromatic N) is 1. The van der Waals surface area contributed by atoms with Crippen LogP contribution >= 0.6 is 28.1 Å². The lowest BCUT2D eigenvalue weighted by molar-refractivity contribution is 0.113. The monoisotopic (exact) mass is 328 g/mol. The van der Waals surface area contributed by atoms with E-state index in [1.165, 1.54) is 0 Å². The number of hydrogen-bond acceptors (Lipinski definition) is 3. The Kier molecular flexibility index (Phi) is 4.59. The molecule has 0 radical (unpaired) electrons. The van der Waals surface area contributed by atoms with Crippen LogP contribution in [0.1, 0.15) is 18.4 Å². The predicted octanol–water partition coefficient (Wildman–Crippen LogP) is 2.56. The van der Waals surface area contributed by atoms with Crippen LogP contribution in [0.2, 0.25) is 0 Å². The molecular formula is C13H17BrN2OS. The van der Waals surface area contributed by atoms with Crippen LogP contribution in [0.5, 0.6) is 5.75 Å². The molecule has 3 nitrogen and oxygen atoms in total. The first-order chi connectivity index (χ1) is 8.56. The highest BCUT2D eigenvalue weighted by Crippen LogP contribution is 2.28. The molecule has 0 spiro atoms. The number of likely N-dealkylation sites (tertiary alicyclic amines) is 1. The SMILES string of the molecule is CN1CCC(Oc2ccc(C(N)=S)cc2Br)CC1. The molecule has 0 atom stereocenters. The fourth-order valence-corrected chi connectivity index (χ4v) is 2.63. The zero-order valence-electron chi connectivity index (χ0n) is 10.4. The standard InChI is InChI=1S/C13H17BrN2OS/c1-16-6-4-10(5-7-16)17-12-3-2-9(13(15)18)8-11(12)14/h2-3,8,10H,4-7H2,1H3,(H2,15,18). The highest BCUT2D eigenvalue weighted by molar-refractivity contribution is 9.10. The van der Waals surface area contributed by atoms with Crippen LogP contribution < -0.4 is 10.5 Å². The molecule has 5 heteroatoms. The van der Waals surface area contributed by atoms with Crippen LogP contribution in [0.3, 0.4) is 0 Å². The van der Waals surface area contributed by atoms with Gasteiger partial charge in [-0.25, -0.2) is 0 Å². The second-order valence-corrected chi connectivity index (χ2v) is 5.92. The third kappa shape index (κ3) is 3.43.